The minimum absolute atomic E-state index is 0.118. The maximum atomic E-state index is 3.58. The SMILES string of the molecule is Cc1ccccc1Sc1ccc(Br)cc1CNC(C)(C)C. The monoisotopic (exact) mass is 363 g/mol. The molecule has 2 rings (SSSR count). The Hall–Kier alpha value is -0.770. The fourth-order valence-corrected chi connectivity index (χ4v) is 3.35. The van der Waals surface area contributed by atoms with Crippen molar-refractivity contribution in [2.24, 2.45) is 0 Å². The average Bonchev–Trinajstić information content (AvgIpc) is 2.40. The van der Waals surface area contributed by atoms with Crippen molar-refractivity contribution < 1.29 is 0 Å². The molecule has 0 aliphatic carbocycles. The Morgan fingerprint density at radius 3 is 2.43 bits per heavy atom. The van der Waals surface area contributed by atoms with Gasteiger partial charge in [0.25, 0.3) is 0 Å². The van der Waals surface area contributed by atoms with Gasteiger partial charge in [0.2, 0.25) is 0 Å². The summed E-state index contributed by atoms with van der Waals surface area (Å²) in [6.45, 7) is 9.61. The van der Waals surface area contributed by atoms with Crippen LogP contribution in [0.25, 0.3) is 0 Å². The van der Waals surface area contributed by atoms with Crippen molar-refractivity contribution in [2.75, 3.05) is 0 Å². The molecule has 2 aromatic carbocycles. The summed E-state index contributed by atoms with van der Waals surface area (Å²) < 4.78 is 1.13. The lowest BCUT2D eigenvalue weighted by atomic mass is 10.1. The molecule has 0 saturated heterocycles. The van der Waals surface area contributed by atoms with Crippen LogP contribution in [0, 0.1) is 6.92 Å². The molecule has 3 heteroatoms. The van der Waals surface area contributed by atoms with Crippen LogP contribution in [0.4, 0.5) is 0 Å². The van der Waals surface area contributed by atoms with Gasteiger partial charge in [0, 0.05) is 26.3 Å². The second-order valence-electron chi connectivity index (χ2n) is 6.22. The Labute approximate surface area is 140 Å². The minimum atomic E-state index is 0.118. The van der Waals surface area contributed by atoms with Gasteiger partial charge < -0.3 is 5.32 Å². The summed E-state index contributed by atoms with van der Waals surface area (Å²) in [6.07, 6.45) is 0. The third-order valence-corrected chi connectivity index (χ3v) is 4.93. The van der Waals surface area contributed by atoms with Crippen molar-refractivity contribution in [1.82, 2.24) is 5.32 Å². The zero-order valence-corrected chi connectivity index (χ0v) is 15.4. The third kappa shape index (κ3) is 5.17. The van der Waals surface area contributed by atoms with Gasteiger partial charge in [-0.15, -0.1) is 0 Å². The Balaban J connectivity index is 2.25. The van der Waals surface area contributed by atoms with E-state index in [2.05, 4.69) is 91.4 Å². The van der Waals surface area contributed by atoms with Crippen LogP contribution in [0.15, 0.2) is 56.7 Å². The van der Waals surface area contributed by atoms with E-state index < -0.39 is 0 Å². The molecule has 2 aromatic rings. The third-order valence-electron chi connectivity index (χ3n) is 3.15. The van der Waals surface area contributed by atoms with Crippen molar-refractivity contribution in [3.63, 3.8) is 0 Å². The molecule has 0 atom stereocenters. The van der Waals surface area contributed by atoms with E-state index in [9.17, 15) is 0 Å². The molecule has 0 amide bonds. The number of nitrogens with one attached hydrogen (secondary N) is 1. The van der Waals surface area contributed by atoms with E-state index >= 15 is 0 Å². The molecule has 0 saturated carbocycles. The number of rotatable bonds is 4. The molecule has 0 aliphatic heterocycles. The van der Waals surface area contributed by atoms with Crippen LogP contribution in [-0.4, -0.2) is 5.54 Å². The van der Waals surface area contributed by atoms with Crippen molar-refractivity contribution in [1.29, 1.82) is 0 Å². The predicted molar refractivity (Wildman–Crippen MR) is 96.0 cm³/mol. The summed E-state index contributed by atoms with van der Waals surface area (Å²) in [5.74, 6) is 0. The molecule has 0 spiro atoms. The first-order chi connectivity index (χ1) is 9.85. The topological polar surface area (TPSA) is 12.0 Å². The van der Waals surface area contributed by atoms with Crippen LogP contribution in [0.3, 0.4) is 0 Å². The molecule has 0 bridgehead atoms. The first kappa shape index (κ1) is 16.6. The van der Waals surface area contributed by atoms with Crippen LogP contribution < -0.4 is 5.32 Å². The molecule has 1 N–H and O–H groups in total. The largest absolute Gasteiger partial charge is 0.308 e. The number of halogens is 1. The van der Waals surface area contributed by atoms with Gasteiger partial charge in [-0.2, -0.15) is 0 Å². The molecular formula is C18H22BrNS. The number of benzene rings is 2. The van der Waals surface area contributed by atoms with Gasteiger partial charge in [0.1, 0.15) is 0 Å². The predicted octanol–water partition coefficient (Wildman–Crippen LogP) is 5.80. The Morgan fingerprint density at radius 2 is 1.76 bits per heavy atom. The highest BCUT2D eigenvalue weighted by Gasteiger charge is 2.12. The molecule has 1 nitrogen and oxygen atoms in total. The summed E-state index contributed by atoms with van der Waals surface area (Å²) in [6, 6.07) is 15.0. The molecule has 0 unspecified atom stereocenters. The first-order valence-corrected chi connectivity index (χ1v) is 8.73. The van der Waals surface area contributed by atoms with E-state index in [4.69, 9.17) is 0 Å². The summed E-state index contributed by atoms with van der Waals surface area (Å²) in [5, 5.41) is 3.57. The van der Waals surface area contributed by atoms with Gasteiger partial charge in [-0.1, -0.05) is 45.9 Å². The van der Waals surface area contributed by atoms with Crippen molar-refractivity contribution >= 4 is 27.7 Å². The normalized spacial score (nSPS) is 11.7. The molecule has 0 heterocycles. The molecule has 21 heavy (non-hydrogen) atoms. The van der Waals surface area contributed by atoms with E-state index in [1.54, 1.807) is 0 Å². The highest BCUT2D eigenvalue weighted by atomic mass is 79.9. The fourth-order valence-electron chi connectivity index (χ4n) is 1.94. The number of hydrogen-bond acceptors (Lipinski definition) is 2. The van der Waals surface area contributed by atoms with Gasteiger partial charge in [0.15, 0.2) is 0 Å². The summed E-state index contributed by atoms with van der Waals surface area (Å²) >= 11 is 5.42. The highest BCUT2D eigenvalue weighted by molar-refractivity contribution is 9.10. The Bertz CT molecular complexity index is 617. The first-order valence-electron chi connectivity index (χ1n) is 7.12. The Kier molecular flexibility index (Phi) is 5.53. The van der Waals surface area contributed by atoms with Crippen molar-refractivity contribution in [3.05, 3.63) is 58.1 Å². The van der Waals surface area contributed by atoms with E-state index in [1.165, 1.54) is 20.9 Å². The zero-order valence-electron chi connectivity index (χ0n) is 13.0. The average molecular weight is 364 g/mol. The second kappa shape index (κ2) is 6.99. The van der Waals surface area contributed by atoms with Crippen LogP contribution in [0.1, 0.15) is 31.9 Å². The summed E-state index contributed by atoms with van der Waals surface area (Å²) in [5.41, 5.74) is 2.76. The van der Waals surface area contributed by atoms with Crippen molar-refractivity contribution in [2.45, 2.75) is 49.6 Å². The standard InChI is InChI=1S/C18H22BrNS/c1-13-7-5-6-8-16(13)21-17-10-9-15(19)11-14(17)12-20-18(2,3)4/h5-11,20H,12H2,1-4H3. The van der Waals surface area contributed by atoms with Gasteiger partial charge in [-0.25, -0.2) is 0 Å². The lowest BCUT2D eigenvalue weighted by Gasteiger charge is -2.22. The lowest BCUT2D eigenvalue weighted by Crippen LogP contribution is -2.35. The second-order valence-corrected chi connectivity index (χ2v) is 8.22. The van der Waals surface area contributed by atoms with Crippen LogP contribution in [0.5, 0.6) is 0 Å². The smallest absolute Gasteiger partial charge is 0.0221 e. The fraction of sp³-hybridized carbons (Fsp3) is 0.333. The van der Waals surface area contributed by atoms with E-state index in [0.717, 1.165) is 11.0 Å². The molecule has 112 valence electrons. The summed E-state index contributed by atoms with van der Waals surface area (Å²) in [7, 11) is 0. The number of hydrogen-bond donors (Lipinski definition) is 1. The quantitative estimate of drug-likeness (QED) is 0.736. The van der Waals surface area contributed by atoms with Crippen LogP contribution in [0.2, 0.25) is 0 Å². The highest BCUT2D eigenvalue weighted by Crippen LogP contribution is 2.34. The maximum Gasteiger partial charge on any atom is 0.0221 e. The Morgan fingerprint density at radius 1 is 1.05 bits per heavy atom. The van der Waals surface area contributed by atoms with Gasteiger partial charge in [-0.05, 0) is 63.1 Å². The van der Waals surface area contributed by atoms with E-state index in [1.807, 2.05) is 11.8 Å². The molecule has 0 aliphatic rings. The minimum Gasteiger partial charge on any atom is -0.308 e. The van der Waals surface area contributed by atoms with E-state index in [0.29, 0.717) is 0 Å². The molecule has 0 radical (unpaired) electrons. The van der Waals surface area contributed by atoms with Crippen LogP contribution in [-0.2, 0) is 6.54 Å². The van der Waals surface area contributed by atoms with Gasteiger partial charge in [0.05, 0.1) is 0 Å². The van der Waals surface area contributed by atoms with Gasteiger partial charge in [-0.3, -0.25) is 0 Å². The molecular weight excluding hydrogens is 342 g/mol. The van der Waals surface area contributed by atoms with Crippen molar-refractivity contribution in [3.8, 4) is 0 Å². The van der Waals surface area contributed by atoms with Gasteiger partial charge >= 0.3 is 0 Å². The molecule has 0 fully saturated rings. The zero-order chi connectivity index (χ0) is 15.5. The summed E-state index contributed by atoms with van der Waals surface area (Å²) in [4.78, 5) is 2.63. The lowest BCUT2D eigenvalue weighted by molar-refractivity contribution is 0.422. The molecule has 0 aromatic heterocycles. The van der Waals surface area contributed by atoms with E-state index in [-0.39, 0.29) is 5.54 Å². The number of aryl methyl sites for hydroxylation is 1. The maximum absolute atomic E-state index is 3.58. The van der Waals surface area contributed by atoms with Crippen LogP contribution >= 0.6 is 27.7 Å².